The largest absolute Gasteiger partial charge is 0.506 e. The number of carbonyl (C=O) groups is 2. The van der Waals surface area contributed by atoms with Gasteiger partial charge in [0.2, 0.25) is 0 Å². The summed E-state index contributed by atoms with van der Waals surface area (Å²) in [5.41, 5.74) is 2.53. The Labute approximate surface area is 149 Å². The summed E-state index contributed by atoms with van der Waals surface area (Å²) in [4.78, 5) is 24.5. The number of aromatic hydroxyl groups is 1. The third kappa shape index (κ3) is 3.23. The van der Waals surface area contributed by atoms with Crippen LogP contribution < -0.4 is 5.32 Å². The summed E-state index contributed by atoms with van der Waals surface area (Å²) in [5.74, 6) is -0.538. The second kappa shape index (κ2) is 6.29. The number of hydrogen-bond acceptors (Lipinski definition) is 3. The van der Waals surface area contributed by atoms with Crippen molar-refractivity contribution in [3.05, 3.63) is 68.1 Å². The quantitative estimate of drug-likeness (QED) is 0.547. The molecule has 0 fully saturated rings. The third-order valence-corrected chi connectivity index (χ3v) is 4.75. The molecule has 0 spiro atoms. The number of benzene rings is 2. The number of phenolic OH excluding ortho intramolecular Hbond substituents is 1. The lowest BCUT2D eigenvalue weighted by molar-refractivity contribution is -0.113. The van der Waals surface area contributed by atoms with Crippen molar-refractivity contribution in [1.29, 1.82) is 0 Å². The lowest BCUT2D eigenvalue weighted by atomic mass is 9.96. The van der Waals surface area contributed by atoms with E-state index in [2.05, 4.69) is 37.2 Å². The van der Waals surface area contributed by atoms with Gasteiger partial charge in [0.25, 0.3) is 5.91 Å². The zero-order valence-electron chi connectivity index (χ0n) is 11.8. The fourth-order valence-corrected chi connectivity index (χ4v) is 3.54. The zero-order valence-corrected chi connectivity index (χ0v) is 14.9. The Morgan fingerprint density at radius 1 is 1.17 bits per heavy atom. The molecule has 4 nitrogen and oxygen atoms in total. The molecule has 1 heterocycles. The van der Waals surface area contributed by atoms with Gasteiger partial charge in [-0.05, 0) is 61.7 Å². The molecule has 0 aliphatic carbocycles. The predicted molar refractivity (Wildman–Crippen MR) is 94.7 cm³/mol. The first-order valence-electron chi connectivity index (χ1n) is 6.78. The molecule has 2 aromatic carbocycles. The fourth-order valence-electron chi connectivity index (χ4n) is 2.35. The van der Waals surface area contributed by atoms with Gasteiger partial charge in [0, 0.05) is 23.2 Å². The summed E-state index contributed by atoms with van der Waals surface area (Å²) in [6, 6.07) is 10.5. The number of para-hydroxylation sites is 1. The van der Waals surface area contributed by atoms with Crippen molar-refractivity contribution in [2.24, 2.45) is 0 Å². The monoisotopic (exact) mass is 435 g/mol. The van der Waals surface area contributed by atoms with Crippen molar-refractivity contribution in [1.82, 2.24) is 0 Å². The van der Waals surface area contributed by atoms with Crippen molar-refractivity contribution < 1.29 is 14.7 Å². The fraction of sp³-hybridized carbons (Fsp3) is 0.0588. The van der Waals surface area contributed by atoms with Crippen molar-refractivity contribution in [2.45, 2.75) is 6.42 Å². The molecule has 1 amide bonds. The van der Waals surface area contributed by atoms with Crippen LogP contribution in [0.5, 0.6) is 5.75 Å². The van der Waals surface area contributed by atoms with Gasteiger partial charge >= 0.3 is 0 Å². The zero-order chi connectivity index (χ0) is 16.6. The average molecular weight is 437 g/mol. The highest BCUT2D eigenvalue weighted by atomic mass is 79.9. The number of anilines is 1. The standard InChI is InChI=1S/C17H11Br2NO3/c18-12-6-10(7-13(19)16(12)22)15(21)8-11-5-9-3-1-2-4-14(9)20-17(11)23/h1-4,6-8,22H,5H2,(H,20,23)/b11-8+. The van der Waals surface area contributed by atoms with Gasteiger partial charge in [-0.2, -0.15) is 0 Å². The summed E-state index contributed by atoms with van der Waals surface area (Å²) in [6.07, 6.45) is 1.75. The number of nitrogens with one attached hydrogen (secondary N) is 1. The minimum atomic E-state index is -0.295. The highest BCUT2D eigenvalue weighted by Crippen LogP contribution is 2.34. The van der Waals surface area contributed by atoms with Gasteiger partial charge < -0.3 is 10.4 Å². The van der Waals surface area contributed by atoms with E-state index in [0.717, 1.165) is 11.3 Å². The second-order valence-electron chi connectivity index (χ2n) is 5.11. The minimum Gasteiger partial charge on any atom is -0.506 e. The summed E-state index contributed by atoms with van der Waals surface area (Å²) >= 11 is 6.38. The van der Waals surface area contributed by atoms with E-state index in [9.17, 15) is 14.7 Å². The lowest BCUT2D eigenvalue weighted by Gasteiger charge is -2.18. The summed E-state index contributed by atoms with van der Waals surface area (Å²) < 4.78 is 0.819. The van der Waals surface area contributed by atoms with Gasteiger partial charge in [0.05, 0.1) is 8.95 Å². The maximum absolute atomic E-state index is 12.4. The molecule has 1 aliphatic heterocycles. The van der Waals surface area contributed by atoms with E-state index in [-0.39, 0.29) is 17.4 Å². The molecule has 1 aliphatic rings. The number of fused-ring (bicyclic) bond motifs is 1. The highest BCUT2D eigenvalue weighted by molar-refractivity contribution is 9.11. The molecule has 0 saturated heterocycles. The Balaban J connectivity index is 1.93. The molecule has 0 aromatic heterocycles. The normalized spacial score (nSPS) is 15.2. The Bertz CT molecular complexity index is 836. The number of hydrogen-bond donors (Lipinski definition) is 2. The van der Waals surface area contributed by atoms with Gasteiger partial charge in [-0.3, -0.25) is 9.59 Å². The van der Waals surface area contributed by atoms with Crippen molar-refractivity contribution in [3.63, 3.8) is 0 Å². The SMILES string of the molecule is O=C1Nc2ccccc2C/C1=C\C(=O)c1cc(Br)c(O)c(Br)c1. The molecule has 6 heteroatoms. The number of phenols is 1. The van der Waals surface area contributed by atoms with Gasteiger partial charge in [0.15, 0.2) is 5.78 Å². The molecular formula is C17H11Br2NO3. The van der Waals surface area contributed by atoms with Crippen LogP contribution >= 0.6 is 31.9 Å². The molecule has 0 radical (unpaired) electrons. The summed E-state index contributed by atoms with van der Waals surface area (Å²) in [5, 5.41) is 12.5. The molecule has 0 bridgehead atoms. The third-order valence-electron chi connectivity index (χ3n) is 3.54. The van der Waals surface area contributed by atoms with Crippen molar-refractivity contribution >= 4 is 49.2 Å². The van der Waals surface area contributed by atoms with Crippen LogP contribution in [0.1, 0.15) is 15.9 Å². The van der Waals surface area contributed by atoms with Gasteiger partial charge in [-0.15, -0.1) is 0 Å². The summed E-state index contributed by atoms with van der Waals surface area (Å²) in [7, 11) is 0. The maximum atomic E-state index is 12.4. The number of rotatable bonds is 2. The van der Waals surface area contributed by atoms with E-state index in [0.29, 0.717) is 26.5 Å². The Hall–Kier alpha value is -1.92. The lowest BCUT2D eigenvalue weighted by Crippen LogP contribution is -2.23. The number of ketones is 1. The van der Waals surface area contributed by atoms with Crippen LogP contribution in [0.4, 0.5) is 5.69 Å². The van der Waals surface area contributed by atoms with Crippen LogP contribution in [0.25, 0.3) is 0 Å². The first-order chi connectivity index (χ1) is 11.0. The van der Waals surface area contributed by atoms with Crippen LogP contribution in [0, 0.1) is 0 Å². The first-order valence-corrected chi connectivity index (χ1v) is 8.36. The van der Waals surface area contributed by atoms with Crippen molar-refractivity contribution in [3.8, 4) is 5.75 Å². The van der Waals surface area contributed by atoms with E-state index in [1.54, 1.807) is 0 Å². The number of carbonyl (C=O) groups excluding carboxylic acids is 2. The Kier molecular flexibility index (Phi) is 4.37. The predicted octanol–water partition coefficient (Wildman–Crippen LogP) is 4.22. The van der Waals surface area contributed by atoms with Crippen LogP contribution in [0.15, 0.2) is 57.0 Å². The number of amides is 1. The smallest absolute Gasteiger partial charge is 0.252 e. The van der Waals surface area contributed by atoms with Gasteiger partial charge in [-0.25, -0.2) is 0 Å². The van der Waals surface area contributed by atoms with E-state index < -0.39 is 0 Å². The Morgan fingerprint density at radius 2 is 1.83 bits per heavy atom. The molecule has 0 unspecified atom stereocenters. The Morgan fingerprint density at radius 3 is 2.52 bits per heavy atom. The average Bonchev–Trinajstić information content (AvgIpc) is 2.52. The maximum Gasteiger partial charge on any atom is 0.252 e. The minimum absolute atomic E-state index is 0.0264. The second-order valence-corrected chi connectivity index (χ2v) is 6.82. The molecule has 0 saturated carbocycles. The molecule has 23 heavy (non-hydrogen) atoms. The van der Waals surface area contributed by atoms with Crippen LogP contribution in [0.3, 0.4) is 0 Å². The van der Waals surface area contributed by atoms with E-state index in [1.165, 1.54) is 18.2 Å². The van der Waals surface area contributed by atoms with Gasteiger partial charge in [-0.1, -0.05) is 18.2 Å². The number of allylic oxidation sites excluding steroid dienone is 1. The molecular weight excluding hydrogens is 426 g/mol. The van der Waals surface area contributed by atoms with Crippen molar-refractivity contribution in [2.75, 3.05) is 5.32 Å². The van der Waals surface area contributed by atoms with Gasteiger partial charge in [0.1, 0.15) is 5.75 Å². The van der Waals surface area contributed by atoms with Crippen LogP contribution in [0.2, 0.25) is 0 Å². The molecule has 2 N–H and O–H groups in total. The first kappa shape index (κ1) is 16.0. The van der Waals surface area contributed by atoms with Crippen LogP contribution in [-0.2, 0) is 11.2 Å². The van der Waals surface area contributed by atoms with E-state index in [4.69, 9.17) is 0 Å². The molecule has 0 atom stereocenters. The summed E-state index contributed by atoms with van der Waals surface area (Å²) in [6.45, 7) is 0. The molecule has 2 aromatic rings. The molecule has 3 rings (SSSR count). The van der Waals surface area contributed by atoms with E-state index in [1.807, 2.05) is 24.3 Å². The van der Waals surface area contributed by atoms with Crippen LogP contribution in [-0.4, -0.2) is 16.8 Å². The van der Waals surface area contributed by atoms with E-state index >= 15 is 0 Å². The molecule has 116 valence electrons. The number of halogens is 2. The topological polar surface area (TPSA) is 66.4 Å². The highest BCUT2D eigenvalue weighted by Gasteiger charge is 2.21.